The van der Waals surface area contributed by atoms with Gasteiger partial charge in [-0.2, -0.15) is 0 Å². The topological polar surface area (TPSA) is 44.5 Å². The molecular formula is C10H13NO2. The standard InChI is InChI=1S/C10H13NO2/c11-7-8-5-6-12-9-3-1-2-4-10(9)13-8/h1-4,8H,5-7,11H2. The smallest absolute Gasteiger partial charge is 0.161 e. The van der Waals surface area contributed by atoms with Crippen molar-refractivity contribution in [3.63, 3.8) is 0 Å². The summed E-state index contributed by atoms with van der Waals surface area (Å²) in [6.07, 6.45) is 0.939. The molecule has 0 bridgehead atoms. The summed E-state index contributed by atoms with van der Waals surface area (Å²) in [7, 11) is 0. The molecule has 1 aromatic rings. The van der Waals surface area contributed by atoms with Crippen molar-refractivity contribution in [2.75, 3.05) is 13.2 Å². The zero-order valence-corrected chi connectivity index (χ0v) is 7.40. The van der Waals surface area contributed by atoms with Crippen LogP contribution in [0.5, 0.6) is 11.5 Å². The molecule has 3 nitrogen and oxygen atoms in total. The number of nitrogens with two attached hydrogens (primary N) is 1. The van der Waals surface area contributed by atoms with Crippen LogP contribution in [0.2, 0.25) is 0 Å². The van der Waals surface area contributed by atoms with Gasteiger partial charge in [0.05, 0.1) is 6.61 Å². The molecule has 0 amide bonds. The van der Waals surface area contributed by atoms with Gasteiger partial charge in [0.25, 0.3) is 0 Å². The fraction of sp³-hybridized carbons (Fsp3) is 0.400. The molecule has 0 aromatic heterocycles. The highest BCUT2D eigenvalue weighted by molar-refractivity contribution is 5.40. The maximum absolute atomic E-state index is 5.66. The van der Waals surface area contributed by atoms with E-state index in [-0.39, 0.29) is 6.10 Å². The number of rotatable bonds is 1. The van der Waals surface area contributed by atoms with Gasteiger partial charge in [-0.3, -0.25) is 0 Å². The zero-order valence-electron chi connectivity index (χ0n) is 7.40. The normalized spacial score (nSPS) is 20.8. The summed E-state index contributed by atoms with van der Waals surface area (Å²) in [5.41, 5.74) is 5.55. The molecule has 3 heteroatoms. The molecule has 1 aromatic carbocycles. The van der Waals surface area contributed by atoms with Gasteiger partial charge in [-0.05, 0) is 12.1 Å². The molecule has 0 saturated heterocycles. The second-order valence-corrected chi connectivity index (χ2v) is 3.06. The summed E-state index contributed by atoms with van der Waals surface area (Å²) in [4.78, 5) is 0. The lowest BCUT2D eigenvalue weighted by atomic mass is 10.2. The number of para-hydroxylation sites is 2. The van der Waals surface area contributed by atoms with Crippen LogP contribution in [0.15, 0.2) is 24.3 Å². The maximum Gasteiger partial charge on any atom is 0.161 e. The van der Waals surface area contributed by atoms with Crippen molar-refractivity contribution in [1.82, 2.24) is 0 Å². The van der Waals surface area contributed by atoms with E-state index in [0.29, 0.717) is 13.2 Å². The Kier molecular flexibility index (Phi) is 2.36. The predicted molar refractivity (Wildman–Crippen MR) is 50.0 cm³/mol. The molecule has 13 heavy (non-hydrogen) atoms. The molecule has 2 rings (SSSR count). The van der Waals surface area contributed by atoms with Gasteiger partial charge in [0.1, 0.15) is 6.10 Å². The molecule has 1 unspecified atom stereocenters. The first-order valence-corrected chi connectivity index (χ1v) is 4.48. The van der Waals surface area contributed by atoms with E-state index in [1.165, 1.54) is 0 Å². The van der Waals surface area contributed by atoms with Gasteiger partial charge in [0.2, 0.25) is 0 Å². The fourth-order valence-corrected chi connectivity index (χ4v) is 1.37. The van der Waals surface area contributed by atoms with Crippen molar-refractivity contribution < 1.29 is 9.47 Å². The van der Waals surface area contributed by atoms with Crippen LogP contribution in [0, 0.1) is 0 Å². The Morgan fingerprint density at radius 3 is 2.85 bits per heavy atom. The molecule has 0 saturated carbocycles. The monoisotopic (exact) mass is 179 g/mol. The van der Waals surface area contributed by atoms with E-state index in [1.807, 2.05) is 24.3 Å². The van der Waals surface area contributed by atoms with Gasteiger partial charge in [0.15, 0.2) is 11.5 Å². The van der Waals surface area contributed by atoms with Crippen molar-refractivity contribution in [1.29, 1.82) is 0 Å². The predicted octanol–water partition coefficient (Wildman–Crippen LogP) is 1.18. The van der Waals surface area contributed by atoms with E-state index in [9.17, 15) is 0 Å². The Labute approximate surface area is 77.5 Å². The van der Waals surface area contributed by atoms with Crippen molar-refractivity contribution in [3.05, 3.63) is 24.3 Å². The van der Waals surface area contributed by atoms with E-state index in [4.69, 9.17) is 15.2 Å². The number of benzene rings is 1. The first-order valence-electron chi connectivity index (χ1n) is 4.48. The summed E-state index contributed by atoms with van der Waals surface area (Å²) in [6, 6.07) is 7.68. The quantitative estimate of drug-likeness (QED) is 0.704. The zero-order chi connectivity index (χ0) is 9.10. The minimum Gasteiger partial charge on any atom is -0.490 e. The van der Waals surface area contributed by atoms with Crippen molar-refractivity contribution in [2.24, 2.45) is 5.73 Å². The Bertz CT molecular complexity index is 288. The lowest BCUT2D eigenvalue weighted by Crippen LogP contribution is -2.26. The third-order valence-corrected chi connectivity index (χ3v) is 2.10. The lowest BCUT2D eigenvalue weighted by Gasteiger charge is -2.12. The van der Waals surface area contributed by atoms with Gasteiger partial charge in [0, 0.05) is 13.0 Å². The molecule has 1 aliphatic rings. The second kappa shape index (κ2) is 3.66. The Morgan fingerprint density at radius 2 is 2.08 bits per heavy atom. The van der Waals surface area contributed by atoms with Crippen LogP contribution in [0.3, 0.4) is 0 Å². The highest BCUT2D eigenvalue weighted by Gasteiger charge is 2.16. The third-order valence-electron chi connectivity index (χ3n) is 2.10. The minimum absolute atomic E-state index is 0.0867. The highest BCUT2D eigenvalue weighted by atomic mass is 16.5. The fourth-order valence-electron chi connectivity index (χ4n) is 1.37. The van der Waals surface area contributed by atoms with Crippen molar-refractivity contribution >= 4 is 0 Å². The van der Waals surface area contributed by atoms with Crippen LogP contribution < -0.4 is 15.2 Å². The lowest BCUT2D eigenvalue weighted by molar-refractivity contribution is 0.199. The second-order valence-electron chi connectivity index (χ2n) is 3.06. The van der Waals surface area contributed by atoms with Gasteiger partial charge < -0.3 is 15.2 Å². The molecule has 70 valence electrons. The van der Waals surface area contributed by atoms with Crippen molar-refractivity contribution in [3.8, 4) is 11.5 Å². The Balaban J connectivity index is 2.23. The van der Waals surface area contributed by atoms with E-state index in [1.54, 1.807) is 0 Å². The highest BCUT2D eigenvalue weighted by Crippen LogP contribution is 2.29. The van der Waals surface area contributed by atoms with Gasteiger partial charge in [-0.25, -0.2) is 0 Å². The van der Waals surface area contributed by atoms with Crippen LogP contribution in [-0.4, -0.2) is 19.3 Å². The van der Waals surface area contributed by atoms with Crippen LogP contribution in [-0.2, 0) is 0 Å². The van der Waals surface area contributed by atoms with Crippen LogP contribution in [0.1, 0.15) is 6.42 Å². The van der Waals surface area contributed by atoms with E-state index < -0.39 is 0 Å². The summed E-state index contributed by atoms with van der Waals surface area (Å²) in [5.74, 6) is 1.62. The summed E-state index contributed by atoms with van der Waals surface area (Å²) in [6.45, 7) is 1.22. The molecule has 1 atom stereocenters. The molecule has 1 aliphatic heterocycles. The van der Waals surface area contributed by atoms with E-state index >= 15 is 0 Å². The summed E-state index contributed by atoms with van der Waals surface area (Å²) < 4.78 is 11.2. The van der Waals surface area contributed by atoms with Gasteiger partial charge >= 0.3 is 0 Å². The first kappa shape index (κ1) is 8.38. The molecule has 0 fully saturated rings. The molecule has 0 aliphatic carbocycles. The molecule has 0 spiro atoms. The van der Waals surface area contributed by atoms with Gasteiger partial charge in [-0.1, -0.05) is 12.1 Å². The number of fused-ring (bicyclic) bond motifs is 1. The molecule has 2 N–H and O–H groups in total. The number of hydrogen-bond acceptors (Lipinski definition) is 3. The minimum atomic E-state index is 0.0867. The van der Waals surface area contributed by atoms with E-state index in [2.05, 4.69) is 0 Å². The van der Waals surface area contributed by atoms with Crippen molar-refractivity contribution in [2.45, 2.75) is 12.5 Å². The van der Waals surface area contributed by atoms with E-state index in [0.717, 1.165) is 17.9 Å². The first-order chi connectivity index (χ1) is 6.40. The summed E-state index contributed by atoms with van der Waals surface area (Å²) >= 11 is 0. The average Bonchev–Trinajstić information content (AvgIpc) is 2.38. The Morgan fingerprint density at radius 1 is 1.31 bits per heavy atom. The summed E-state index contributed by atoms with van der Waals surface area (Å²) in [5, 5.41) is 0. The van der Waals surface area contributed by atoms with Gasteiger partial charge in [-0.15, -0.1) is 0 Å². The van der Waals surface area contributed by atoms with Crippen LogP contribution in [0.4, 0.5) is 0 Å². The number of hydrogen-bond donors (Lipinski definition) is 1. The molecule has 0 radical (unpaired) electrons. The Hall–Kier alpha value is -1.22. The molecular weight excluding hydrogens is 166 g/mol. The van der Waals surface area contributed by atoms with Crippen LogP contribution in [0.25, 0.3) is 0 Å². The maximum atomic E-state index is 5.66. The largest absolute Gasteiger partial charge is 0.490 e. The molecule has 1 heterocycles. The average molecular weight is 179 g/mol. The SMILES string of the molecule is NCC1CCOc2ccccc2O1. The van der Waals surface area contributed by atoms with Crippen LogP contribution >= 0.6 is 0 Å². The third kappa shape index (κ3) is 1.75. The number of ether oxygens (including phenoxy) is 2.